The average Bonchev–Trinajstić information content (AvgIpc) is 2.57. The summed E-state index contributed by atoms with van der Waals surface area (Å²) in [5.74, 6) is -0.243. The first-order chi connectivity index (χ1) is 8.04. The number of hydrogen-bond donors (Lipinski definition) is 4. The number of aliphatic hydroxyl groups is 3. The Labute approximate surface area is 95.1 Å². The molecule has 0 bridgehead atoms. The Balaban J connectivity index is 2.32. The Kier molecular flexibility index (Phi) is 3.07. The van der Waals surface area contributed by atoms with Gasteiger partial charge in [0.25, 0.3) is 5.56 Å². The van der Waals surface area contributed by atoms with Gasteiger partial charge in [0.2, 0.25) is 5.95 Å². The van der Waals surface area contributed by atoms with Gasteiger partial charge < -0.3 is 25.8 Å². The van der Waals surface area contributed by atoms with Crippen LogP contribution in [-0.2, 0) is 4.74 Å². The normalized spacial score (nSPS) is 32.9. The van der Waals surface area contributed by atoms with Gasteiger partial charge in [-0.05, 0) is 0 Å². The summed E-state index contributed by atoms with van der Waals surface area (Å²) in [6, 6.07) is 0. The largest absolute Gasteiger partial charge is 0.394 e. The van der Waals surface area contributed by atoms with E-state index in [1.165, 1.54) is 0 Å². The van der Waals surface area contributed by atoms with Crippen molar-refractivity contribution in [3.05, 3.63) is 16.6 Å². The van der Waals surface area contributed by atoms with Crippen molar-refractivity contribution in [1.29, 1.82) is 0 Å². The summed E-state index contributed by atoms with van der Waals surface area (Å²) in [6.45, 7) is -0.456. The number of aromatic nitrogens is 3. The minimum atomic E-state index is -1.31. The van der Waals surface area contributed by atoms with E-state index in [1.807, 2.05) is 0 Å². The molecule has 9 heteroatoms. The fourth-order valence-electron chi connectivity index (χ4n) is 1.64. The molecule has 1 fully saturated rings. The average molecular weight is 244 g/mol. The van der Waals surface area contributed by atoms with Crippen molar-refractivity contribution in [2.24, 2.45) is 0 Å². The molecule has 1 aliphatic rings. The highest BCUT2D eigenvalue weighted by Crippen LogP contribution is 2.29. The van der Waals surface area contributed by atoms with Crippen molar-refractivity contribution in [2.75, 3.05) is 12.3 Å². The highest BCUT2D eigenvalue weighted by Gasteiger charge is 2.44. The molecule has 1 aromatic heterocycles. The predicted octanol–water partition coefficient (Wildman–Crippen LogP) is -3.17. The molecule has 0 amide bonds. The Morgan fingerprint density at radius 2 is 2.18 bits per heavy atom. The molecule has 0 spiro atoms. The van der Waals surface area contributed by atoms with Gasteiger partial charge in [-0.25, -0.2) is 4.68 Å². The van der Waals surface area contributed by atoms with Crippen LogP contribution in [0.3, 0.4) is 0 Å². The van der Waals surface area contributed by atoms with Crippen LogP contribution in [0.2, 0.25) is 0 Å². The number of ether oxygens (including phenoxy) is 1. The van der Waals surface area contributed by atoms with Gasteiger partial charge in [-0.15, -0.1) is 0 Å². The third kappa shape index (κ3) is 2.00. The topological polar surface area (TPSA) is 144 Å². The summed E-state index contributed by atoms with van der Waals surface area (Å²) in [4.78, 5) is 14.3. The quantitative estimate of drug-likeness (QED) is 0.426. The Hall–Kier alpha value is -1.55. The third-order valence-corrected chi connectivity index (χ3v) is 2.51. The summed E-state index contributed by atoms with van der Waals surface area (Å²) in [5, 5.41) is 31.8. The van der Waals surface area contributed by atoms with Gasteiger partial charge in [0, 0.05) is 0 Å². The van der Waals surface area contributed by atoms with Crippen molar-refractivity contribution in [3.8, 4) is 0 Å². The molecule has 0 saturated carbocycles. The molecule has 9 nitrogen and oxygen atoms in total. The highest BCUT2D eigenvalue weighted by molar-refractivity contribution is 5.14. The molecule has 1 aromatic rings. The first-order valence-corrected chi connectivity index (χ1v) is 4.88. The molecule has 1 saturated heterocycles. The summed E-state index contributed by atoms with van der Waals surface area (Å²) in [7, 11) is 0. The van der Waals surface area contributed by atoms with E-state index in [0.717, 1.165) is 10.9 Å². The lowest BCUT2D eigenvalue weighted by atomic mass is 10.1. The van der Waals surface area contributed by atoms with E-state index in [4.69, 9.17) is 15.6 Å². The van der Waals surface area contributed by atoms with E-state index in [0.29, 0.717) is 0 Å². The zero-order valence-electron chi connectivity index (χ0n) is 8.67. The summed E-state index contributed by atoms with van der Waals surface area (Å²) >= 11 is 0. The molecule has 4 atom stereocenters. The molecule has 0 aliphatic carbocycles. The second-order valence-electron chi connectivity index (χ2n) is 3.63. The van der Waals surface area contributed by atoms with Crippen LogP contribution in [0, 0.1) is 0 Å². The number of aliphatic hydroxyl groups excluding tert-OH is 3. The number of nitrogen functional groups attached to an aromatic ring is 1. The van der Waals surface area contributed by atoms with E-state index in [-0.39, 0.29) is 5.95 Å². The van der Waals surface area contributed by atoms with E-state index >= 15 is 0 Å². The number of rotatable bonds is 2. The van der Waals surface area contributed by atoms with Crippen molar-refractivity contribution in [1.82, 2.24) is 14.8 Å². The second-order valence-corrected chi connectivity index (χ2v) is 3.63. The van der Waals surface area contributed by atoms with Gasteiger partial charge in [-0.1, -0.05) is 0 Å². The molecule has 2 heterocycles. The lowest BCUT2D eigenvalue weighted by molar-refractivity contribution is -0.0585. The summed E-state index contributed by atoms with van der Waals surface area (Å²) < 4.78 is 6.15. The van der Waals surface area contributed by atoms with E-state index in [2.05, 4.69) is 10.1 Å². The lowest BCUT2D eigenvalue weighted by Crippen LogP contribution is -2.34. The van der Waals surface area contributed by atoms with E-state index in [1.54, 1.807) is 0 Å². The van der Waals surface area contributed by atoms with Crippen molar-refractivity contribution in [2.45, 2.75) is 24.5 Å². The van der Waals surface area contributed by atoms with E-state index in [9.17, 15) is 15.0 Å². The molecule has 0 unspecified atom stereocenters. The van der Waals surface area contributed by atoms with Crippen molar-refractivity contribution in [3.63, 3.8) is 0 Å². The third-order valence-electron chi connectivity index (χ3n) is 2.51. The molecular formula is C8H12N4O5. The van der Waals surface area contributed by atoms with Gasteiger partial charge in [0.15, 0.2) is 6.23 Å². The molecule has 2 rings (SSSR count). The molecule has 94 valence electrons. The van der Waals surface area contributed by atoms with Gasteiger partial charge in [-0.2, -0.15) is 10.1 Å². The predicted molar refractivity (Wildman–Crippen MR) is 53.7 cm³/mol. The lowest BCUT2D eigenvalue weighted by Gasteiger charge is -2.17. The summed E-state index contributed by atoms with van der Waals surface area (Å²) in [6.07, 6.45) is -3.69. The SMILES string of the molecule is Nc1nc(=O)cnn1[C@@H]1O[C@H](CO)[C@@H](O)[C@@H]1O. The fraction of sp³-hybridized carbons (Fsp3) is 0.625. The molecule has 0 aromatic carbocycles. The summed E-state index contributed by atoms with van der Waals surface area (Å²) in [5.41, 5.74) is 4.83. The van der Waals surface area contributed by atoms with Crippen LogP contribution in [0.5, 0.6) is 0 Å². The molecule has 1 aliphatic heterocycles. The number of hydrogen-bond acceptors (Lipinski definition) is 8. The standard InChI is InChI=1S/C8H12N4O5/c9-8-11-4(14)1-10-12(8)7-6(16)5(15)3(2-13)17-7/h1,3,5-7,13,15-16H,2H2,(H2,9,11,14)/t3-,5-,6+,7-/m1/s1. The van der Waals surface area contributed by atoms with Gasteiger partial charge in [0.1, 0.15) is 24.5 Å². The van der Waals surface area contributed by atoms with Crippen LogP contribution in [0.4, 0.5) is 5.95 Å². The van der Waals surface area contributed by atoms with Crippen LogP contribution in [0.15, 0.2) is 11.0 Å². The van der Waals surface area contributed by atoms with Crippen molar-refractivity contribution < 1.29 is 20.1 Å². The number of anilines is 1. The molecule has 0 radical (unpaired) electrons. The molecular weight excluding hydrogens is 232 g/mol. The minimum Gasteiger partial charge on any atom is -0.394 e. The zero-order valence-corrected chi connectivity index (χ0v) is 8.67. The first-order valence-electron chi connectivity index (χ1n) is 4.88. The van der Waals surface area contributed by atoms with Gasteiger partial charge in [0.05, 0.1) is 6.61 Å². The Bertz CT molecular complexity index is 463. The number of nitrogens with two attached hydrogens (primary N) is 1. The fourth-order valence-corrected chi connectivity index (χ4v) is 1.64. The van der Waals surface area contributed by atoms with Crippen LogP contribution < -0.4 is 11.3 Å². The Morgan fingerprint density at radius 1 is 1.47 bits per heavy atom. The van der Waals surface area contributed by atoms with E-state index < -0.39 is 36.7 Å². The maximum atomic E-state index is 10.9. The maximum absolute atomic E-state index is 10.9. The van der Waals surface area contributed by atoms with Gasteiger partial charge >= 0.3 is 0 Å². The van der Waals surface area contributed by atoms with Crippen LogP contribution in [-0.4, -0.2) is 55.0 Å². The monoisotopic (exact) mass is 244 g/mol. The minimum absolute atomic E-state index is 0.243. The smallest absolute Gasteiger partial charge is 0.293 e. The maximum Gasteiger partial charge on any atom is 0.293 e. The Morgan fingerprint density at radius 3 is 2.71 bits per heavy atom. The van der Waals surface area contributed by atoms with Crippen LogP contribution >= 0.6 is 0 Å². The zero-order chi connectivity index (χ0) is 12.6. The highest BCUT2D eigenvalue weighted by atomic mass is 16.6. The molecule has 17 heavy (non-hydrogen) atoms. The van der Waals surface area contributed by atoms with Crippen LogP contribution in [0.1, 0.15) is 6.23 Å². The van der Waals surface area contributed by atoms with Gasteiger partial charge in [-0.3, -0.25) is 4.79 Å². The first kappa shape index (κ1) is 11.9. The van der Waals surface area contributed by atoms with Crippen molar-refractivity contribution >= 4 is 5.95 Å². The molecule has 5 N–H and O–H groups in total. The second kappa shape index (κ2) is 4.37. The van der Waals surface area contributed by atoms with Crippen LogP contribution in [0.25, 0.3) is 0 Å². The number of nitrogens with zero attached hydrogens (tertiary/aromatic N) is 3.